The quantitative estimate of drug-likeness (QED) is 0.414. The molecule has 0 aliphatic carbocycles. The lowest BCUT2D eigenvalue weighted by molar-refractivity contribution is 0.0731. The highest BCUT2D eigenvalue weighted by atomic mass is 35.5. The Morgan fingerprint density at radius 1 is 1.00 bits per heavy atom. The summed E-state index contributed by atoms with van der Waals surface area (Å²) in [7, 11) is 1.99. The van der Waals surface area contributed by atoms with Crippen molar-refractivity contribution in [3.05, 3.63) is 87.4 Å². The lowest BCUT2D eigenvalue weighted by Gasteiger charge is -2.31. The van der Waals surface area contributed by atoms with Gasteiger partial charge < -0.3 is 9.64 Å². The largest absolute Gasteiger partial charge is 0.422 e. The number of rotatable bonds is 2. The van der Waals surface area contributed by atoms with Crippen LogP contribution in [0.3, 0.4) is 0 Å². The number of hydrogen-bond acceptors (Lipinski definition) is 3. The first-order chi connectivity index (χ1) is 13.0. The molecule has 0 radical (unpaired) electrons. The number of halogens is 1. The van der Waals surface area contributed by atoms with Crippen molar-refractivity contribution in [3.63, 3.8) is 0 Å². The molecule has 4 rings (SSSR count). The minimum absolute atomic E-state index is 0.376. The maximum absolute atomic E-state index is 13.1. The molecule has 27 heavy (non-hydrogen) atoms. The van der Waals surface area contributed by atoms with Crippen LogP contribution in [-0.2, 0) is 6.42 Å². The van der Waals surface area contributed by atoms with Crippen LogP contribution in [0.15, 0.2) is 54.6 Å². The van der Waals surface area contributed by atoms with Crippen molar-refractivity contribution < 1.29 is 9.53 Å². The average Bonchev–Trinajstić information content (AvgIpc) is 2.65. The van der Waals surface area contributed by atoms with E-state index in [-0.39, 0.29) is 5.97 Å². The van der Waals surface area contributed by atoms with Gasteiger partial charge in [0, 0.05) is 29.9 Å². The molecule has 1 aliphatic heterocycles. The fourth-order valence-electron chi connectivity index (χ4n) is 3.71. The molecule has 3 aromatic rings. The monoisotopic (exact) mass is 377 g/mol. The van der Waals surface area contributed by atoms with Gasteiger partial charge in [-0.2, -0.15) is 0 Å². The van der Waals surface area contributed by atoms with Crippen molar-refractivity contribution in [3.8, 4) is 5.75 Å². The van der Waals surface area contributed by atoms with Gasteiger partial charge in [-0.25, -0.2) is 4.79 Å². The fourth-order valence-corrected chi connectivity index (χ4v) is 3.92. The van der Waals surface area contributed by atoms with E-state index in [2.05, 4.69) is 17.0 Å². The number of benzene rings is 3. The van der Waals surface area contributed by atoms with Crippen molar-refractivity contribution in [1.29, 1.82) is 0 Å². The molecular formula is C23H20ClNO2. The molecule has 3 nitrogen and oxygen atoms in total. The highest BCUT2D eigenvalue weighted by molar-refractivity contribution is 6.31. The second kappa shape index (κ2) is 6.75. The van der Waals surface area contributed by atoms with Gasteiger partial charge in [-0.1, -0.05) is 48.0 Å². The molecule has 4 heteroatoms. The van der Waals surface area contributed by atoms with Crippen LogP contribution in [0.5, 0.6) is 5.75 Å². The number of hydrogen-bond donors (Lipinski definition) is 0. The molecule has 0 atom stereocenters. The highest BCUT2D eigenvalue weighted by Crippen LogP contribution is 2.41. The summed E-state index contributed by atoms with van der Waals surface area (Å²) in [5, 5.41) is 0.522. The van der Waals surface area contributed by atoms with Gasteiger partial charge in [0.25, 0.3) is 0 Å². The zero-order valence-corrected chi connectivity index (χ0v) is 16.3. The van der Waals surface area contributed by atoms with Gasteiger partial charge in [0.2, 0.25) is 0 Å². The number of esters is 1. The van der Waals surface area contributed by atoms with E-state index in [1.54, 1.807) is 6.07 Å². The Balaban J connectivity index is 1.78. The van der Waals surface area contributed by atoms with E-state index in [0.29, 0.717) is 22.8 Å². The van der Waals surface area contributed by atoms with Crippen LogP contribution < -0.4 is 9.64 Å². The molecule has 1 heterocycles. The number of carbonyl (C=O) groups excluding carboxylic acids is 1. The standard InChI is InChI=1S/C23H20ClNO2/c1-14-7-6-8-15(2)22(14)27-23(26)19-12-17(24)13-21-18(19)11-16-9-4-5-10-20(16)25(21)3/h4-10,12-13H,11H2,1-3H3. The first-order valence-corrected chi connectivity index (χ1v) is 9.26. The van der Waals surface area contributed by atoms with Gasteiger partial charge in [0.1, 0.15) is 5.75 Å². The normalized spacial score (nSPS) is 12.4. The first-order valence-electron chi connectivity index (χ1n) is 8.88. The molecule has 0 fully saturated rings. The minimum Gasteiger partial charge on any atom is -0.422 e. The summed E-state index contributed by atoms with van der Waals surface area (Å²) in [6, 6.07) is 17.6. The van der Waals surface area contributed by atoms with Crippen molar-refractivity contribution >= 4 is 28.9 Å². The van der Waals surface area contributed by atoms with Crippen molar-refractivity contribution in [2.45, 2.75) is 20.3 Å². The number of carbonyl (C=O) groups is 1. The van der Waals surface area contributed by atoms with Crippen molar-refractivity contribution in [1.82, 2.24) is 0 Å². The molecule has 0 unspecified atom stereocenters. The van der Waals surface area contributed by atoms with Crippen LogP contribution in [0, 0.1) is 13.8 Å². The molecule has 0 aromatic heterocycles. The van der Waals surface area contributed by atoms with E-state index < -0.39 is 0 Å². The summed E-state index contributed by atoms with van der Waals surface area (Å²) in [6.45, 7) is 3.88. The summed E-state index contributed by atoms with van der Waals surface area (Å²) < 4.78 is 5.79. The third kappa shape index (κ3) is 3.08. The Hall–Kier alpha value is -2.78. The predicted octanol–water partition coefficient (Wildman–Crippen LogP) is 5.85. The van der Waals surface area contributed by atoms with E-state index in [1.165, 1.54) is 5.56 Å². The van der Waals surface area contributed by atoms with Crippen molar-refractivity contribution in [2.24, 2.45) is 0 Å². The maximum atomic E-state index is 13.1. The highest BCUT2D eigenvalue weighted by Gasteiger charge is 2.26. The second-order valence-corrected chi connectivity index (χ2v) is 7.36. The Morgan fingerprint density at radius 3 is 2.44 bits per heavy atom. The molecule has 0 N–H and O–H groups in total. The molecule has 0 spiro atoms. The summed E-state index contributed by atoms with van der Waals surface area (Å²) in [5.41, 5.74) is 6.56. The SMILES string of the molecule is Cc1cccc(C)c1OC(=O)c1cc(Cl)cc2c1Cc1ccccc1N2C. The third-order valence-electron chi connectivity index (χ3n) is 5.10. The van der Waals surface area contributed by atoms with E-state index in [9.17, 15) is 4.79 Å². The molecule has 0 bridgehead atoms. The Morgan fingerprint density at radius 2 is 1.70 bits per heavy atom. The summed E-state index contributed by atoms with van der Waals surface area (Å²) in [6.07, 6.45) is 0.671. The number of nitrogens with zero attached hydrogens (tertiary/aromatic N) is 1. The molecule has 3 aromatic carbocycles. The van der Waals surface area contributed by atoms with Gasteiger partial charge in [-0.3, -0.25) is 0 Å². The Kier molecular flexibility index (Phi) is 4.40. The molecule has 136 valence electrons. The maximum Gasteiger partial charge on any atom is 0.343 e. The minimum atomic E-state index is -0.376. The third-order valence-corrected chi connectivity index (χ3v) is 5.31. The van der Waals surface area contributed by atoms with Gasteiger partial charge in [-0.05, 0) is 54.3 Å². The van der Waals surface area contributed by atoms with Crippen LogP contribution in [-0.4, -0.2) is 13.0 Å². The van der Waals surface area contributed by atoms with Gasteiger partial charge in [-0.15, -0.1) is 0 Å². The molecule has 0 amide bonds. The fraction of sp³-hybridized carbons (Fsp3) is 0.174. The number of aryl methyl sites for hydroxylation is 2. The topological polar surface area (TPSA) is 29.5 Å². The summed E-state index contributed by atoms with van der Waals surface area (Å²) >= 11 is 6.35. The lowest BCUT2D eigenvalue weighted by Crippen LogP contribution is -2.22. The van der Waals surface area contributed by atoms with Gasteiger partial charge in [0.15, 0.2) is 0 Å². The Bertz CT molecular complexity index is 1040. The number of ether oxygens (including phenoxy) is 1. The molecular weight excluding hydrogens is 358 g/mol. The van der Waals surface area contributed by atoms with Crippen LogP contribution in [0.25, 0.3) is 0 Å². The van der Waals surface area contributed by atoms with Crippen LogP contribution in [0.1, 0.15) is 32.6 Å². The van der Waals surface area contributed by atoms with E-state index in [4.69, 9.17) is 16.3 Å². The summed E-state index contributed by atoms with van der Waals surface area (Å²) in [4.78, 5) is 15.1. The van der Waals surface area contributed by atoms with Crippen molar-refractivity contribution in [2.75, 3.05) is 11.9 Å². The van der Waals surface area contributed by atoms with Gasteiger partial charge >= 0.3 is 5.97 Å². The lowest BCUT2D eigenvalue weighted by atomic mass is 9.92. The zero-order valence-electron chi connectivity index (χ0n) is 15.5. The molecule has 1 aliphatic rings. The van der Waals surface area contributed by atoms with E-state index in [0.717, 1.165) is 28.1 Å². The second-order valence-electron chi connectivity index (χ2n) is 6.93. The average molecular weight is 378 g/mol. The zero-order chi connectivity index (χ0) is 19.1. The van der Waals surface area contributed by atoms with Crippen LogP contribution in [0.4, 0.5) is 11.4 Å². The van der Waals surface area contributed by atoms with E-state index >= 15 is 0 Å². The van der Waals surface area contributed by atoms with Crippen LogP contribution in [0.2, 0.25) is 5.02 Å². The van der Waals surface area contributed by atoms with Crippen LogP contribution >= 0.6 is 11.6 Å². The predicted molar refractivity (Wildman–Crippen MR) is 110 cm³/mol. The van der Waals surface area contributed by atoms with E-state index in [1.807, 2.05) is 57.3 Å². The first kappa shape index (κ1) is 17.6. The molecule has 0 saturated carbocycles. The Labute approximate surface area is 164 Å². The number of anilines is 2. The van der Waals surface area contributed by atoms with Gasteiger partial charge in [0.05, 0.1) is 5.56 Å². The number of fused-ring (bicyclic) bond motifs is 2. The molecule has 0 saturated heterocycles. The number of para-hydroxylation sites is 2. The summed E-state index contributed by atoms with van der Waals surface area (Å²) in [5.74, 6) is 0.236. The smallest absolute Gasteiger partial charge is 0.343 e.